The zero-order valence-corrected chi connectivity index (χ0v) is 13.9. The third kappa shape index (κ3) is 2.39. The van der Waals surface area contributed by atoms with Crippen LogP contribution in [0.25, 0.3) is 5.52 Å². The Labute approximate surface area is 146 Å². The summed E-state index contributed by atoms with van der Waals surface area (Å²) in [7, 11) is 1.42. The minimum atomic E-state index is -4.46. The maximum absolute atomic E-state index is 13.2. The van der Waals surface area contributed by atoms with Gasteiger partial charge in [0.15, 0.2) is 0 Å². The molecule has 0 aromatic carbocycles. The number of anilines is 1. The smallest absolute Gasteiger partial charge is 0.357 e. The van der Waals surface area contributed by atoms with Crippen LogP contribution in [0.5, 0.6) is 0 Å². The van der Waals surface area contributed by atoms with E-state index in [1.165, 1.54) is 19.6 Å². The molecule has 0 bridgehead atoms. The number of hydrogen-bond donors (Lipinski definition) is 1. The molecule has 26 heavy (non-hydrogen) atoms. The molecule has 0 aliphatic carbocycles. The first kappa shape index (κ1) is 16.7. The van der Waals surface area contributed by atoms with Crippen LogP contribution in [-0.2, 0) is 11.0 Å². The number of imidazole rings is 1. The number of piperidine rings is 1. The standard InChI is InChI=1S/C16H16F3N5O2/c1-22-13(25)15(21-14(22)26)2-4-23(5-3-15)12-7-10(16(17,18)19)6-11-8-20-9-24(11)12/h6-9H,2-5H2,1H3,(H,21,26). The number of alkyl halides is 3. The summed E-state index contributed by atoms with van der Waals surface area (Å²) in [6, 6.07) is 1.70. The van der Waals surface area contributed by atoms with Crippen molar-refractivity contribution in [2.75, 3.05) is 25.0 Å². The number of likely N-dealkylation sites (N-methyl/N-ethyl adjacent to an activating group) is 1. The first-order valence-electron chi connectivity index (χ1n) is 8.10. The highest BCUT2D eigenvalue weighted by Gasteiger charge is 2.51. The number of pyridine rings is 1. The Morgan fingerprint density at radius 2 is 1.88 bits per heavy atom. The molecule has 0 saturated carbocycles. The first-order chi connectivity index (χ1) is 12.2. The van der Waals surface area contributed by atoms with Gasteiger partial charge in [0, 0.05) is 20.1 Å². The predicted molar refractivity (Wildman–Crippen MR) is 85.7 cm³/mol. The molecule has 1 spiro atoms. The zero-order chi connectivity index (χ0) is 18.7. The number of carbonyl (C=O) groups excluding carboxylic acids is 2. The summed E-state index contributed by atoms with van der Waals surface area (Å²) in [6.07, 6.45) is -0.968. The van der Waals surface area contributed by atoms with Gasteiger partial charge < -0.3 is 10.2 Å². The number of nitrogens with one attached hydrogen (secondary N) is 1. The summed E-state index contributed by atoms with van der Waals surface area (Å²) >= 11 is 0. The minimum absolute atomic E-state index is 0.293. The molecule has 10 heteroatoms. The van der Waals surface area contributed by atoms with Crippen molar-refractivity contribution in [2.45, 2.75) is 24.6 Å². The summed E-state index contributed by atoms with van der Waals surface area (Å²) in [5, 5.41) is 2.72. The van der Waals surface area contributed by atoms with Crippen LogP contribution in [0.2, 0.25) is 0 Å². The van der Waals surface area contributed by atoms with Crippen LogP contribution in [-0.4, -0.2) is 51.9 Å². The SMILES string of the molecule is CN1C(=O)NC2(CCN(c3cc(C(F)(F)F)cc4cncn34)CC2)C1=O. The highest BCUT2D eigenvalue weighted by molar-refractivity contribution is 6.06. The predicted octanol–water partition coefficient (Wildman–Crippen LogP) is 1.87. The lowest BCUT2D eigenvalue weighted by Gasteiger charge is -2.38. The summed E-state index contributed by atoms with van der Waals surface area (Å²) in [6.45, 7) is 0.683. The van der Waals surface area contributed by atoms with Crippen molar-refractivity contribution in [3.63, 3.8) is 0 Å². The Balaban J connectivity index is 1.65. The fourth-order valence-electron chi connectivity index (χ4n) is 3.63. The van der Waals surface area contributed by atoms with Gasteiger partial charge in [-0.15, -0.1) is 0 Å². The molecule has 2 saturated heterocycles. The largest absolute Gasteiger partial charge is 0.416 e. The molecule has 0 atom stereocenters. The number of hydrogen-bond acceptors (Lipinski definition) is 4. The lowest BCUT2D eigenvalue weighted by atomic mass is 9.87. The zero-order valence-electron chi connectivity index (χ0n) is 13.9. The van der Waals surface area contributed by atoms with E-state index in [-0.39, 0.29) is 5.91 Å². The Hall–Kier alpha value is -2.78. The highest BCUT2D eigenvalue weighted by Crippen LogP contribution is 2.35. The van der Waals surface area contributed by atoms with E-state index in [1.807, 2.05) is 0 Å². The number of halogens is 3. The van der Waals surface area contributed by atoms with E-state index in [9.17, 15) is 22.8 Å². The number of rotatable bonds is 1. The van der Waals surface area contributed by atoms with Gasteiger partial charge in [0.25, 0.3) is 5.91 Å². The van der Waals surface area contributed by atoms with E-state index in [0.717, 1.165) is 17.0 Å². The van der Waals surface area contributed by atoms with Gasteiger partial charge in [-0.2, -0.15) is 13.2 Å². The Kier molecular flexibility index (Phi) is 3.44. The molecule has 2 aromatic heterocycles. The fourth-order valence-corrected chi connectivity index (χ4v) is 3.63. The maximum Gasteiger partial charge on any atom is 0.416 e. The molecular weight excluding hydrogens is 351 g/mol. The fraction of sp³-hybridized carbons (Fsp3) is 0.438. The van der Waals surface area contributed by atoms with Crippen molar-refractivity contribution in [3.05, 3.63) is 30.2 Å². The van der Waals surface area contributed by atoms with E-state index in [4.69, 9.17) is 0 Å². The lowest BCUT2D eigenvalue weighted by Crippen LogP contribution is -2.55. The van der Waals surface area contributed by atoms with E-state index in [0.29, 0.717) is 37.3 Å². The Morgan fingerprint density at radius 3 is 2.46 bits per heavy atom. The number of carbonyl (C=O) groups is 2. The van der Waals surface area contributed by atoms with Crippen molar-refractivity contribution >= 4 is 23.3 Å². The number of urea groups is 1. The molecule has 2 aliphatic rings. The van der Waals surface area contributed by atoms with E-state index >= 15 is 0 Å². The normalized spacial score (nSPS) is 20.3. The van der Waals surface area contributed by atoms with Crippen LogP contribution < -0.4 is 10.2 Å². The molecule has 7 nitrogen and oxygen atoms in total. The van der Waals surface area contributed by atoms with Gasteiger partial charge in [-0.1, -0.05) is 0 Å². The number of aromatic nitrogens is 2. The lowest BCUT2D eigenvalue weighted by molar-refractivity contribution is -0.137. The summed E-state index contributed by atoms with van der Waals surface area (Å²) in [5.41, 5.74) is -1.36. The molecule has 0 unspecified atom stereocenters. The van der Waals surface area contributed by atoms with E-state index < -0.39 is 23.3 Å². The number of nitrogens with zero attached hydrogens (tertiary/aromatic N) is 4. The second kappa shape index (κ2) is 5.36. The van der Waals surface area contributed by atoms with Gasteiger partial charge in [0.2, 0.25) is 0 Å². The van der Waals surface area contributed by atoms with Gasteiger partial charge in [0.05, 0.1) is 17.3 Å². The van der Waals surface area contributed by atoms with Crippen LogP contribution >= 0.6 is 0 Å². The number of amides is 3. The molecule has 138 valence electrons. The second-order valence-corrected chi connectivity index (χ2v) is 6.65. The first-order valence-corrected chi connectivity index (χ1v) is 8.10. The third-order valence-corrected chi connectivity index (χ3v) is 5.14. The van der Waals surface area contributed by atoms with Gasteiger partial charge in [-0.05, 0) is 25.0 Å². The summed E-state index contributed by atoms with van der Waals surface area (Å²) in [5.74, 6) is 0.0753. The quantitative estimate of drug-likeness (QED) is 0.782. The Morgan fingerprint density at radius 1 is 1.19 bits per heavy atom. The van der Waals surface area contributed by atoms with Crippen LogP contribution in [0.15, 0.2) is 24.7 Å². The van der Waals surface area contributed by atoms with Gasteiger partial charge >= 0.3 is 12.2 Å². The van der Waals surface area contributed by atoms with E-state index in [2.05, 4.69) is 10.3 Å². The Bertz CT molecular complexity index is 899. The van der Waals surface area contributed by atoms with Gasteiger partial charge in [-0.25, -0.2) is 9.78 Å². The van der Waals surface area contributed by atoms with Crippen molar-refractivity contribution in [1.82, 2.24) is 19.6 Å². The number of fused-ring (bicyclic) bond motifs is 1. The average molecular weight is 367 g/mol. The second-order valence-electron chi connectivity index (χ2n) is 6.65. The molecule has 2 aliphatic heterocycles. The molecular formula is C16H16F3N5O2. The van der Waals surface area contributed by atoms with Crippen molar-refractivity contribution in [1.29, 1.82) is 0 Å². The monoisotopic (exact) mass is 367 g/mol. The third-order valence-electron chi connectivity index (χ3n) is 5.14. The molecule has 4 heterocycles. The average Bonchev–Trinajstić information content (AvgIpc) is 3.14. The summed E-state index contributed by atoms with van der Waals surface area (Å²) < 4.78 is 41.2. The molecule has 2 aromatic rings. The highest BCUT2D eigenvalue weighted by atomic mass is 19.4. The molecule has 4 rings (SSSR count). The van der Waals surface area contributed by atoms with Gasteiger partial charge in [0.1, 0.15) is 17.7 Å². The van der Waals surface area contributed by atoms with Crippen LogP contribution in [0, 0.1) is 0 Å². The van der Waals surface area contributed by atoms with Crippen LogP contribution in [0.3, 0.4) is 0 Å². The molecule has 1 N–H and O–H groups in total. The summed E-state index contributed by atoms with van der Waals surface area (Å²) in [4.78, 5) is 30.9. The van der Waals surface area contributed by atoms with Crippen molar-refractivity contribution in [3.8, 4) is 0 Å². The maximum atomic E-state index is 13.2. The molecule has 0 radical (unpaired) electrons. The van der Waals surface area contributed by atoms with Gasteiger partial charge in [-0.3, -0.25) is 14.1 Å². The minimum Gasteiger partial charge on any atom is -0.357 e. The molecule has 2 fully saturated rings. The van der Waals surface area contributed by atoms with Crippen molar-refractivity contribution < 1.29 is 22.8 Å². The van der Waals surface area contributed by atoms with E-state index in [1.54, 1.807) is 9.30 Å². The topological polar surface area (TPSA) is 70.0 Å². The van der Waals surface area contributed by atoms with Crippen molar-refractivity contribution in [2.24, 2.45) is 0 Å². The van der Waals surface area contributed by atoms with Crippen LogP contribution in [0.4, 0.5) is 23.8 Å². The molecule has 3 amide bonds. The number of imide groups is 1. The van der Waals surface area contributed by atoms with Crippen LogP contribution in [0.1, 0.15) is 18.4 Å².